The van der Waals surface area contributed by atoms with Gasteiger partial charge < -0.3 is 34.1 Å². The van der Waals surface area contributed by atoms with Crippen LogP contribution >= 0.6 is 0 Å². The molecule has 0 aromatic heterocycles. The number of rotatable bonds is 9. The van der Waals surface area contributed by atoms with Crippen LogP contribution in [0.15, 0.2) is 60.7 Å². The molecule has 0 radical (unpaired) electrons. The van der Waals surface area contributed by atoms with Gasteiger partial charge in [0.15, 0.2) is 18.7 Å². The van der Waals surface area contributed by atoms with Crippen LogP contribution < -0.4 is 5.32 Å². The number of amides is 1. The van der Waals surface area contributed by atoms with E-state index >= 15 is 0 Å². The molecule has 1 amide bonds. The van der Waals surface area contributed by atoms with Gasteiger partial charge in [-0.15, -0.1) is 0 Å². The van der Waals surface area contributed by atoms with E-state index in [-0.39, 0.29) is 12.5 Å². The zero-order chi connectivity index (χ0) is 24.8. The molecule has 2 aliphatic heterocycles. The second-order valence-electron chi connectivity index (χ2n) is 8.63. The van der Waals surface area contributed by atoms with E-state index in [0.717, 1.165) is 11.1 Å². The third kappa shape index (κ3) is 6.45. The minimum absolute atomic E-state index is 0.191. The Kier molecular flexibility index (Phi) is 8.48. The molecule has 2 N–H and O–H groups in total. The molecule has 4 rings (SSSR count). The first-order chi connectivity index (χ1) is 16.9. The normalized spacial score (nSPS) is 29.1. The van der Waals surface area contributed by atoms with Crippen LogP contribution in [0, 0.1) is 0 Å². The summed E-state index contributed by atoms with van der Waals surface area (Å²) in [7, 11) is 0. The minimum atomic E-state index is -1.14. The molecule has 35 heavy (non-hydrogen) atoms. The van der Waals surface area contributed by atoms with Gasteiger partial charge in [-0.2, -0.15) is 0 Å². The molecule has 2 heterocycles. The van der Waals surface area contributed by atoms with Crippen molar-refractivity contribution in [1.82, 2.24) is 5.32 Å². The van der Waals surface area contributed by atoms with Gasteiger partial charge in [0.25, 0.3) is 0 Å². The molecule has 9 heteroatoms. The van der Waals surface area contributed by atoms with Crippen molar-refractivity contribution >= 4 is 11.9 Å². The highest BCUT2D eigenvalue weighted by atomic mass is 16.8. The molecule has 188 valence electrons. The van der Waals surface area contributed by atoms with Crippen LogP contribution in [-0.2, 0) is 39.7 Å². The third-order valence-electron chi connectivity index (χ3n) is 6.01. The smallest absolute Gasteiger partial charge is 0.332 e. The van der Waals surface area contributed by atoms with E-state index < -0.39 is 49.0 Å². The van der Waals surface area contributed by atoms with Gasteiger partial charge in [-0.3, -0.25) is 4.79 Å². The van der Waals surface area contributed by atoms with E-state index in [2.05, 4.69) is 5.32 Å². The maximum Gasteiger partial charge on any atom is 0.332 e. The van der Waals surface area contributed by atoms with Gasteiger partial charge in [-0.1, -0.05) is 60.7 Å². The molecule has 9 nitrogen and oxygen atoms in total. The lowest BCUT2D eigenvalue weighted by atomic mass is 9.95. The van der Waals surface area contributed by atoms with Gasteiger partial charge in [0.05, 0.1) is 13.2 Å². The van der Waals surface area contributed by atoms with Crippen LogP contribution in [0.4, 0.5) is 0 Å². The molecular formula is C26H31NO8. The number of carboxylic acid groups (broad SMARTS) is 1. The number of fused-ring (bicyclic) bond motifs is 1. The number of hydrogen-bond acceptors (Lipinski definition) is 7. The number of carboxylic acids is 1. The molecule has 2 fully saturated rings. The van der Waals surface area contributed by atoms with Crippen LogP contribution in [0.25, 0.3) is 0 Å². The zero-order valence-electron chi connectivity index (χ0n) is 19.7. The van der Waals surface area contributed by atoms with Crippen LogP contribution in [0.2, 0.25) is 0 Å². The molecule has 0 aliphatic carbocycles. The Balaban J connectivity index is 1.55. The van der Waals surface area contributed by atoms with Crippen molar-refractivity contribution in [3.05, 3.63) is 71.8 Å². The number of ether oxygens (including phenoxy) is 5. The Bertz CT molecular complexity index is 972. The van der Waals surface area contributed by atoms with Crippen LogP contribution in [0.1, 0.15) is 31.3 Å². The topological polar surface area (TPSA) is 113 Å². The monoisotopic (exact) mass is 485 g/mol. The van der Waals surface area contributed by atoms with Crippen molar-refractivity contribution in [2.24, 2.45) is 0 Å². The summed E-state index contributed by atoms with van der Waals surface area (Å²) in [5.41, 5.74) is 1.91. The van der Waals surface area contributed by atoms with E-state index in [4.69, 9.17) is 23.7 Å². The quantitative estimate of drug-likeness (QED) is 0.557. The summed E-state index contributed by atoms with van der Waals surface area (Å²) >= 11 is 0. The number of nitrogens with one attached hydrogen (secondary N) is 1. The second kappa shape index (κ2) is 11.7. The molecule has 7 atom stereocenters. The predicted molar refractivity (Wildman–Crippen MR) is 124 cm³/mol. The molecular weight excluding hydrogens is 454 g/mol. The average Bonchev–Trinajstić information content (AvgIpc) is 2.86. The first-order valence-corrected chi connectivity index (χ1v) is 11.7. The summed E-state index contributed by atoms with van der Waals surface area (Å²) in [6, 6.07) is 18.5. The Hall–Kier alpha value is -2.82. The van der Waals surface area contributed by atoms with Gasteiger partial charge in [-0.25, -0.2) is 4.79 Å². The van der Waals surface area contributed by atoms with Crippen molar-refractivity contribution in [3.63, 3.8) is 0 Å². The lowest BCUT2D eigenvalue weighted by Crippen LogP contribution is -2.68. The van der Waals surface area contributed by atoms with Gasteiger partial charge in [0.1, 0.15) is 24.4 Å². The first-order valence-electron chi connectivity index (χ1n) is 11.7. The Labute approximate surface area is 204 Å². The first kappa shape index (κ1) is 25.3. The molecule has 0 saturated carbocycles. The maximum atomic E-state index is 12.1. The Morgan fingerprint density at radius 1 is 1.09 bits per heavy atom. The van der Waals surface area contributed by atoms with Crippen LogP contribution in [0.5, 0.6) is 0 Å². The molecule has 2 aromatic carbocycles. The highest BCUT2D eigenvalue weighted by Gasteiger charge is 2.52. The van der Waals surface area contributed by atoms with Crippen molar-refractivity contribution in [2.75, 3.05) is 13.2 Å². The van der Waals surface area contributed by atoms with Gasteiger partial charge in [-0.05, 0) is 18.9 Å². The van der Waals surface area contributed by atoms with Gasteiger partial charge in [0, 0.05) is 12.5 Å². The minimum Gasteiger partial charge on any atom is -0.479 e. The molecule has 0 unspecified atom stereocenters. The molecule has 0 bridgehead atoms. The van der Waals surface area contributed by atoms with E-state index in [1.807, 2.05) is 60.7 Å². The van der Waals surface area contributed by atoms with E-state index in [0.29, 0.717) is 13.0 Å². The fourth-order valence-electron chi connectivity index (χ4n) is 4.27. The molecule has 0 spiro atoms. The SMILES string of the molecule is CC(=O)N[C@@H]1[C@H](OCCc2ccccc2)O[C@H]2CO[C@@H](c3ccccc3)O[C@@H]2[C@H]1O[C@@H](C)C(=O)O. The number of carbonyl (C=O) groups is 2. The summed E-state index contributed by atoms with van der Waals surface area (Å²) in [6.07, 6.45) is -4.17. The number of carbonyl (C=O) groups excluding carboxylic acids is 1. The van der Waals surface area contributed by atoms with Crippen LogP contribution in [0.3, 0.4) is 0 Å². The summed E-state index contributed by atoms with van der Waals surface area (Å²) in [6.45, 7) is 3.34. The highest BCUT2D eigenvalue weighted by molar-refractivity contribution is 5.73. The predicted octanol–water partition coefficient (Wildman–Crippen LogP) is 2.45. The maximum absolute atomic E-state index is 12.1. The fraction of sp³-hybridized carbons (Fsp3) is 0.462. The van der Waals surface area contributed by atoms with Gasteiger partial charge >= 0.3 is 5.97 Å². The largest absolute Gasteiger partial charge is 0.479 e. The summed E-state index contributed by atoms with van der Waals surface area (Å²) in [5.74, 6) is -1.44. The van der Waals surface area contributed by atoms with Gasteiger partial charge in [0.2, 0.25) is 5.91 Å². The summed E-state index contributed by atoms with van der Waals surface area (Å²) in [5, 5.41) is 12.3. The Morgan fingerprint density at radius 2 is 1.77 bits per heavy atom. The van der Waals surface area contributed by atoms with Crippen molar-refractivity contribution < 1.29 is 38.4 Å². The van der Waals surface area contributed by atoms with Crippen molar-refractivity contribution in [2.45, 2.75) is 63.3 Å². The van der Waals surface area contributed by atoms with E-state index in [9.17, 15) is 14.7 Å². The highest BCUT2D eigenvalue weighted by Crippen LogP contribution is 2.36. The van der Waals surface area contributed by atoms with E-state index in [1.54, 1.807) is 0 Å². The average molecular weight is 486 g/mol. The number of aliphatic carboxylic acids is 1. The summed E-state index contributed by atoms with van der Waals surface area (Å²) in [4.78, 5) is 23.7. The number of benzene rings is 2. The third-order valence-corrected chi connectivity index (χ3v) is 6.01. The summed E-state index contributed by atoms with van der Waals surface area (Å²) < 4.78 is 30.3. The fourth-order valence-corrected chi connectivity index (χ4v) is 4.27. The van der Waals surface area contributed by atoms with Crippen molar-refractivity contribution in [3.8, 4) is 0 Å². The lowest BCUT2D eigenvalue weighted by molar-refractivity contribution is -0.350. The van der Waals surface area contributed by atoms with Crippen molar-refractivity contribution in [1.29, 1.82) is 0 Å². The Morgan fingerprint density at radius 3 is 2.43 bits per heavy atom. The lowest BCUT2D eigenvalue weighted by Gasteiger charge is -2.49. The zero-order valence-corrected chi connectivity index (χ0v) is 19.7. The number of hydrogen-bond donors (Lipinski definition) is 2. The standard InChI is InChI=1S/C26H31NO8/c1-16(24(29)30)33-23-21(27-17(2)28)26(31-14-13-18-9-5-3-6-10-18)34-20-15-32-25(35-22(20)23)19-11-7-4-8-12-19/h3-12,16,20-23,25-26H,13-15H2,1-2H3,(H,27,28)(H,29,30)/t16-,20-,21-,22-,23-,25+,26+/m0/s1. The second-order valence-corrected chi connectivity index (χ2v) is 8.63. The molecule has 2 aliphatic rings. The molecule has 2 aromatic rings. The van der Waals surface area contributed by atoms with E-state index in [1.165, 1.54) is 13.8 Å². The molecule has 2 saturated heterocycles. The van der Waals surface area contributed by atoms with Crippen LogP contribution in [-0.4, -0.2) is 66.9 Å².